The van der Waals surface area contributed by atoms with Crippen molar-refractivity contribution in [3.05, 3.63) is 35.4 Å². The van der Waals surface area contributed by atoms with Crippen LogP contribution in [0.5, 0.6) is 0 Å². The van der Waals surface area contributed by atoms with Gasteiger partial charge in [-0.25, -0.2) is 4.79 Å². The molecule has 1 N–H and O–H groups in total. The van der Waals surface area contributed by atoms with Gasteiger partial charge in [0.05, 0.1) is 6.42 Å². The summed E-state index contributed by atoms with van der Waals surface area (Å²) >= 11 is 0. The molecule has 1 unspecified atom stereocenters. The number of rotatable bonds is 3. The first-order chi connectivity index (χ1) is 9.81. The normalized spacial score (nSPS) is 21.1. The van der Waals surface area contributed by atoms with Crippen LogP contribution in [-0.2, 0) is 16.0 Å². The molecular formula is C17H23NO3. The molecule has 0 spiro atoms. The SMILES string of the molecule is Cc1cccc(CC(=O)N2CCCC(C)(C)C2C(=O)O)c1. The van der Waals surface area contributed by atoms with Gasteiger partial charge in [0.1, 0.15) is 6.04 Å². The number of carbonyl (C=O) groups excluding carboxylic acids is 1. The minimum atomic E-state index is -0.905. The van der Waals surface area contributed by atoms with Crippen molar-refractivity contribution < 1.29 is 14.7 Å². The quantitative estimate of drug-likeness (QED) is 0.930. The van der Waals surface area contributed by atoms with Crippen LogP contribution in [0.4, 0.5) is 0 Å². The van der Waals surface area contributed by atoms with E-state index in [9.17, 15) is 14.7 Å². The Morgan fingerprint density at radius 1 is 1.38 bits per heavy atom. The zero-order chi connectivity index (χ0) is 15.6. The average Bonchev–Trinajstić information content (AvgIpc) is 2.36. The summed E-state index contributed by atoms with van der Waals surface area (Å²) < 4.78 is 0. The average molecular weight is 289 g/mol. The van der Waals surface area contributed by atoms with Gasteiger partial charge in [-0.3, -0.25) is 4.79 Å². The number of likely N-dealkylation sites (tertiary alicyclic amines) is 1. The summed E-state index contributed by atoms with van der Waals surface area (Å²) in [5.41, 5.74) is 1.66. The second-order valence-corrected chi connectivity index (χ2v) is 6.59. The number of carbonyl (C=O) groups is 2. The van der Waals surface area contributed by atoms with Crippen LogP contribution in [0.3, 0.4) is 0 Å². The largest absolute Gasteiger partial charge is 0.480 e. The second kappa shape index (κ2) is 5.88. The summed E-state index contributed by atoms with van der Waals surface area (Å²) in [6, 6.07) is 7.06. The van der Waals surface area contributed by atoms with Gasteiger partial charge in [-0.05, 0) is 30.7 Å². The zero-order valence-corrected chi connectivity index (χ0v) is 12.9. The van der Waals surface area contributed by atoms with Crippen LogP contribution in [-0.4, -0.2) is 34.5 Å². The lowest BCUT2D eigenvalue weighted by atomic mass is 9.76. The smallest absolute Gasteiger partial charge is 0.326 e. The van der Waals surface area contributed by atoms with E-state index in [1.165, 1.54) is 0 Å². The molecule has 1 fully saturated rings. The van der Waals surface area contributed by atoms with Crippen LogP contribution in [0, 0.1) is 12.3 Å². The van der Waals surface area contributed by atoms with E-state index < -0.39 is 12.0 Å². The first kappa shape index (κ1) is 15.5. The number of carboxylic acids is 1. The van der Waals surface area contributed by atoms with Gasteiger partial charge >= 0.3 is 5.97 Å². The highest BCUT2D eigenvalue weighted by atomic mass is 16.4. The summed E-state index contributed by atoms with van der Waals surface area (Å²) in [6.07, 6.45) is 1.95. The molecule has 1 saturated heterocycles. The monoisotopic (exact) mass is 289 g/mol. The Bertz CT molecular complexity index is 551. The van der Waals surface area contributed by atoms with Crippen molar-refractivity contribution in [3.63, 3.8) is 0 Å². The highest BCUT2D eigenvalue weighted by Gasteiger charge is 2.44. The summed E-state index contributed by atoms with van der Waals surface area (Å²) in [6.45, 7) is 6.37. The third-order valence-corrected chi connectivity index (χ3v) is 4.26. The minimum Gasteiger partial charge on any atom is -0.480 e. The molecule has 0 aromatic heterocycles. The van der Waals surface area contributed by atoms with Crippen molar-refractivity contribution in [1.29, 1.82) is 0 Å². The van der Waals surface area contributed by atoms with Crippen LogP contribution >= 0.6 is 0 Å². The van der Waals surface area contributed by atoms with E-state index in [1.807, 2.05) is 45.0 Å². The van der Waals surface area contributed by atoms with E-state index in [0.29, 0.717) is 6.54 Å². The standard InChI is InChI=1S/C17H23NO3/c1-12-6-4-7-13(10-12)11-14(19)18-9-5-8-17(2,3)15(18)16(20)21/h4,6-7,10,15H,5,8-9,11H2,1-3H3,(H,20,21). The molecule has 4 nitrogen and oxygen atoms in total. The molecule has 114 valence electrons. The van der Waals surface area contributed by atoms with Gasteiger partial charge in [0.25, 0.3) is 0 Å². The van der Waals surface area contributed by atoms with Gasteiger partial charge in [0.15, 0.2) is 0 Å². The fourth-order valence-corrected chi connectivity index (χ4v) is 3.23. The number of nitrogens with zero attached hydrogens (tertiary/aromatic N) is 1. The molecule has 21 heavy (non-hydrogen) atoms. The fourth-order valence-electron chi connectivity index (χ4n) is 3.23. The van der Waals surface area contributed by atoms with E-state index in [4.69, 9.17) is 0 Å². The topological polar surface area (TPSA) is 57.6 Å². The number of benzene rings is 1. The molecular weight excluding hydrogens is 266 g/mol. The summed E-state index contributed by atoms with van der Waals surface area (Å²) in [4.78, 5) is 25.7. The highest BCUT2D eigenvalue weighted by molar-refractivity contribution is 5.85. The van der Waals surface area contributed by atoms with E-state index in [1.54, 1.807) is 4.90 Å². The summed E-state index contributed by atoms with van der Waals surface area (Å²) in [5, 5.41) is 9.51. The Hall–Kier alpha value is -1.84. The van der Waals surface area contributed by atoms with Crippen LogP contribution in [0.15, 0.2) is 24.3 Å². The van der Waals surface area contributed by atoms with Gasteiger partial charge < -0.3 is 10.0 Å². The Balaban J connectivity index is 2.18. The highest BCUT2D eigenvalue weighted by Crippen LogP contribution is 2.35. The first-order valence-electron chi connectivity index (χ1n) is 7.39. The van der Waals surface area contributed by atoms with E-state index in [2.05, 4.69) is 0 Å². The molecule has 0 aliphatic carbocycles. The predicted octanol–water partition coefficient (Wildman–Crippen LogP) is 2.64. The minimum absolute atomic E-state index is 0.0965. The number of carboxylic acid groups (broad SMARTS) is 1. The van der Waals surface area contributed by atoms with Crippen molar-refractivity contribution in [2.75, 3.05) is 6.54 Å². The Morgan fingerprint density at radius 2 is 2.10 bits per heavy atom. The molecule has 1 heterocycles. The van der Waals surface area contributed by atoms with Crippen molar-refractivity contribution in [2.24, 2.45) is 5.41 Å². The molecule has 1 atom stereocenters. The van der Waals surface area contributed by atoms with Gasteiger partial charge in [0.2, 0.25) is 5.91 Å². The maximum atomic E-state index is 12.5. The first-order valence-corrected chi connectivity index (χ1v) is 7.39. The van der Waals surface area contributed by atoms with Crippen molar-refractivity contribution in [3.8, 4) is 0 Å². The van der Waals surface area contributed by atoms with E-state index >= 15 is 0 Å². The molecule has 0 saturated carbocycles. The lowest BCUT2D eigenvalue weighted by Gasteiger charge is -2.44. The molecule has 1 aromatic carbocycles. The van der Waals surface area contributed by atoms with Gasteiger partial charge in [-0.2, -0.15) is 0 Å². The number of hydrogen-bond donors (Lipinski definition) is 1. The molecule has 2 rings (SSSR count). The van der Waals surface area contributed by atoms with Gasteiger partial charge in [-0.1, -0.05) is 43.7 Å². The zero-order valence-electron chi connectivity index (χ0n) is 12.9. The number of hydrogen-bond acceptors (Lipinski definition) is 2. The number of piperidine rings is 1. The summed E-state index contributed by atoms with van der Waals surface area (Å²) in [5.74, 6) is -1.00. The summed E-state index contributed by atoms with van der Waals surface area (Å²) in [7, 11) is 0. The lowest BCUT2D eigenvalue weighted by Crippen LogP contribution is -2.56. The molecule has 1 aliphatic heterocycles. The van der Waals surface area contributed by atoms with Gasteiger partial charge in [0, 0.05) is 6.54 Å². The van der Waals surface area contributed by atoms with Crippen molar-refractivity contribution in [2.45, 2.75) is 46.1 Å². The van der Waals surface area contributed by atoms with Crippen LogP contribution in [0.25, 0.3) is 0 Å². The third-order valence-electron chi connectivity index (χ3n) is 4.26. The van der Waals surface area contributed by atoms with Crippen LogP contribution in [0.1, 0.15) is 37.8 Å². The Kier molecular flexibility index (Phi) is 4.35. The Morgan fingerprint density at radius 3 is 2.71 bits per heavy atom. The molecule has 1 amide bonds. The number of amides is 1. The molecule has 1 aliphatic rings. The van der Waals surface area contributed by atoms with Crippen LogP contribution in [0.2, 0.25) is 0 Å². The maximum absolute atomic E-state index is 12.5. The Labute approximate surface area is 125 Å². The third kappa shape index (κ3) is 3.43. The second-order valence-electron chi connectivity index (χ2n) is 6.59. The maximum Gasteiger partial charge on any atom is 0.326 e. The molecule has 0 radical (unpaired) electrons. The molecule has 4 heteroatoms. The van der Waals surface area contributed by atoms with Crippen molar-refractivity contribution >= 4 is 11.9 Å². The lowest BCUT2D eigenvalue weighted by molar-refractivity contribution is -0.158. The van der Waals surface area contributed by atoms with E-state index in [-0.39, 0.29) is 17.7 Å². The molecule has 0 bridgehead atoms. The number of aryl methyl sites for hydroxylation is 1. The number of aliphatic carboxylic acids is 1. The fraction of sp³-hybridized carbons (Fsp3) is 0.529. The van der Waals surface area contributed by atoms with Gasteiger partial charge in [-0.15, -0.1) is 0 Å². The predicted molar refractivity (Wildman–Crippen MR) is 81.0 cm³/mol. The molecule has 1 aromatic rings. The van der Waals surface area contributed by atoms with Crippen molar-refractivity contribution in [1.82, 2.24) is 4.90 Å². The van der Waals surface area contributed by atoms with Crippen LogP contribution < -0.4 is 0 Å². The van der Waals surface area contributed by atoms with E-state index in [0.717, 1.165) is 24.0 Å².